The summed E-state index contributed by atoms with van der Waals surface area (Å²) in [5.74, 6) is -0.227. The maximum Gasteiger partial charge on any atom is 0.157 e. The Hall–Kier alpha value is -1.87. The number of benzene rings is 2. The Labute approximate surface area is 111 Å². The van der Waals surface area contributed by atoms with Crippen LogP contribution in [-0.4, -0.2) is 10.2 Å². The highest BCUT2D eigenvalue weighted by Crippen LogP contribution is 2.26. The largest absolute Gasteiger partial charge is 0.504 e. The summed E-state index contributed by atoms with van der Waals surface area (Å²) >= 11 is 5.93. The highest BCUT2D eigenvalue weighted by Gasteiger charge is 2.02. The molecule has 0 bridgehead atoms. The van der Waals surface area contributed by atoms with Crippen molar-refractivity contribution in [3.05, 3.63) is 52.5 Å². The lowest BCUT2D eigenvalue weighted by atomic mass is 10.1. The maximum atomic E-state index is 9.40. The SMILES string of the molecule is Cc1ccc(Cl)cc1NCc1ccc(O)c(O)c1. The zero-order valence-electron chi connectivity index (χ0n) is 9.94. The van der Waals surface area contributed by atoms with Crippen molar-refractivity contribution in [2.24, 2.45) is 0 Å². The zero-order chi connectivity index (χ0) is 13.1. The summed E-state index contributed by atoms with van der Waals surface area (Å²) in [6.45, 7) is 2.54. The summed E-state index contributed by atoms with van der Waals surface area (Å²) in [7, 11) is 0. The maximum absolute atomic E-state index is 9.40. The van der Waals surface area contributed by atoms with Gasteiger partial charge in [-0.2, -0.15) is 0 Å². The van der Waals surface area contributed by atoms with E-state index in [0.29, 0.717) is 11.6 Å². The van der Waals surface area contributed by atoms with Gasteiger partial charge in [0.1, 0.15) is 0 Å². The zero-order valence-corrected chi connectivity index (χ0v) is 10.7. The normalized spacial score (nSPS) is 10.3. The summed E-state index contributed by atoms with van der Waals surface area (Å²) in [4.78, 5) is 0. The van der Waals surface area contributed by atoms with Crippen molar-refractivity contribution in [2.75, 3.05) is 5.32 Å². The smallest absolute Gasteiger partial charge is 0.157 e. The van der Waals surface area contributed by atoms with Gasteiger partial charge in [-0.25, -0.2) is 0 Å². The number of nitrogens with one attached hydrogen (secondary N) is 1. The van der Waals surface area contributed by atoms with Crippen LogP contribution in [0, 0.1) is 6.92 Å². The molecule has 0 aliphatic rings. The average Bonchev–Trinajstić information content (AvgIpc) is 2.34. The van der Waals surface area contributed by atoms with Gasteiger partial charge in [0.05, 0.1) is 0 Å². The minimum Gasteiger partial charge on any atom is -0.504 e. The van der Waals surface area contributed by atoms with E-state index in [4.69, 9.17) is 11.6 Å². The van der Waals surface area contributed by atoms with Crippen molar-refractivity contribution in [2.45, 2.75) is 13.5 Å². The van der Waals surface area contributed by atoms with Crippen molar-refractivity contribution < 1.29 is 10.2 Å². The second-order valence-corrected chi connectivity index (χ2v) is 4.57. The van der Waals surface area contributed by atoms with Gasteiger partial charge in [0.2, 0.25) is 0 Å². The van der Waals surface area contributed by atoms with Gasteiger partial charge in [0, 0.05) is 17.3 Å². The van der Waals surface area contributed by atoms with E-state index >= 15 is 0 Å². The number of aromatic hydroxyl groups is 2. The number of hydrogen-bond donors (Lipinski definition) is 3. The molecule has 94 valence electrons. The Bertz CT molecular complexity index is 570. The number of halogens is 1. The molecule has 3 nitrogen and oxygen atoms in total. The van der Waals surface area contributed by atoms with E-state index < -0.39 is 0 Å². The summed E-state index contributed by atoms with van der Waals surface area (Å²) in [6.07, 6.45) is 0. The second-order valence-electron chi connectivity index (χ2n) is 4.14. The number of phenolic OH excluding ortho intramolecular Hbond substituents is 2. The summed E-state index contributed by atoms with van der Waals surface area (Å²) in [6, 6.07) is 10.4. The third kappa shape index (κ3) is 2.87. The van der Waals surface area contributed by atoms with Gasteiger partial charge >= 0.3 is 0 Å². The molecule has 0 radical (unpaired) electrons. The van der Waals surface area contributed by atoms with Crippen LogP contribution >= 0.6 is 11.6 Å². The topological polar surface area (TPSA) is 52.5 Å². The van der Waals surface area contributed by atoms with Crippen LogP contribution in [0.1, 0.15) is 11.1 Å². The van der Waals surface area contributed by atoms with Crippen LogP contribution in [0.25, 0.3) is 0 Å². The van der Waals surface area contributed by atoms with E-state index in [0.717, 1.165) is 16.8 Å². The molecule has 18 heavy (non-hydrogen) atoms. The Morgan fingerprint density at radius 2 is 1.83 bits per heavy atom. The fourth-order valence-electron chi connectivity index (χ4n) is 1.66. The van der Waals surface area contributed by atoms with Crippen LogP contribution in [0.4, 0.5) is 5.69 Å². The quantitative estimate of drug-likeness (QED) is 0.741. The number of rotatable bonds is 3. The lowest BCUT2D eigenvalue weighted by molar-refractivity contribution is 0.403. The predicted octanol–water partition coefficient (Wildman–Crippen LogP) is 3.67. The fourth-order valence-corrected chi connectivity index (χ4v) is 1.83. The van der Waals surface area contributed by atoms with Crippen LogP contribution in [0.2, 0.25) is 5.02 Å². The van der Waals surface area contributed by atoms with E-state index in [9.17, 15) is 10.2 Å². The standard InChI is InChI=1S/C14H14ClNO2/c1-9-2-4-11(15)7-12(9)16-8-10-3-5-13(17)14(18)6-10/h2-7,16-18H,8H2,1H3. The molecule has 0 spiro atoms. The summed E-state index contributed by atoms with van der Waals surface area (Å²) in [5, 5.41) is 22.5. The Kier molecular flexibility index (Phi) is 3.63. The Balaban J connectivity index is 2.11. The summed E-state index contributed by atoms with van der Waals surface area (Å²) < 4.78 is 0. The molecule has 3 N–H and O–H groups in total. The minimum atomic E-state index is -0.114. The molecule has 4 heteroatoms. The summed E-state index contributed by atoms with van der Waals surface area (Å²) in [5.41, 5.74) is 2.93. The molecule has 0 aliphatic carbocycles. The van der Waals surface area contributed by atoms with Crippen molar-refractivity contribution in [3.8, 4) is 11.5 Å². The number of hydrogen-bond acceptors (Lipinski definition) is 3. The van der Waals surface area contributed by atoms with Gasteiger partial charge < -0.3 is 15.5 Å². The molecule has 0 saturated carbocycles. The molecule has 0 amide bonds. The molecular weight excluding hydrogens is 250 g/mol. The van der Waals surface area contributed by atoms with Gasteiger partial charge in [-0.15, -0.1) is 0 Å². The molecule has 0 aliphatic heterocycles. The third-order valence-corrected chi connectivity index (χ3v) is 2.96. The monoisotopic (exact) mass is 263 g/mol. The molecule has 0 saturated heterocycles. The lowest BCUT2D eigenvalue weighted by Crippen LogP contribution is -2.00. The van der Waals surface area contributed by atoms with Crippen molar-refractivity contribution in [1.29, 1.82) is 0 Å². The van der Waals surface area contributed by atoms with Crippen LogP contribution in [0.5, 0.6) is 11.5 Å². The van der Waals surface area contributed by atoms with Crippen LogP contribution in [0.3, 0.4) is 0 Å². The van der Waals surface area contributed by atoms with Crippen molar-refractivity contribution in [1.82, 2.24) is 0 Å². The van der Waals surface area contributed by atoms with E-state index in [2.05, 4.69) is 5.32 Å². The van der Waals surface area contributed by atoms with E-state index in [1.807, 2.05) is 25.1 Å². The van der Waals surface area contributed by atoms with Crippen molar-refractivity contribution >= 4 is 17.3 Å². The first kappa shape index (κ1) is 12.6. The Morgan fingerprint density at radius 3 is 2.56 bits per heavy atom. The molecule has 0 unspecified atom stereocenters. The molecule has 2 rings (SSSR count). The third-order valence-electron chi connectivity index (χ3n) is 2.72. The van der Waals surface area contributed by atoms with Gasteiger partial charge in [-0.1, -0.05) is 23.7 Å². The van der Waals surface area contributed by atoms with Crippen LogP contribution < -0.4 is 5.32 Å². The van der Waals surface area contributed by atoms with Gasteiger partial charge in [0.15, 0.2) is 11.5 Å². The van der Waals surface area contributed by atoms with E-state index in [-0.39, 0.29) is 11.5 Å². The molecule has 2 aromatic carbocycles. The molecule has 0 atom stereocenters. The lowest BCUT2D eigenvalue weighted by Gasteiger charge is -2.10. The first-order valence-electron chi connectivity index (χ1n) is 5.57. The number of anilines is 1. The fraction of sp³-hybridized carbons (Fsp3) is 0.143. The average molecular weight is 264 g/mol. The van der Waals surface area contributed by atoms with Gasteiger partial charge in [-0.05, 0) is 42.3 Å². The number of aryl methyl sites for hydroxylation is 1. The second kappa shape index (κ2) is 5.19. The minimum absolute atomic E-state index is 0.113. The molecule has 0 heterocycles. The Morgan fingerprint density at radius 1 is 1.06 bits per heavy atom. The first-order chi connectivity index (χ1) is 8.56. The van der Waals surface area contributed by atoms with E-state index in [1.165, 1.54) is 12.1 Å². The van der Waals surface area contributed by atoms with Crippen LogP contribution in [-0.2, 0) is 6.54 Å². The highest BCUT2D eigenvalue weighted by molar-refractivity contribution is 6.30. The molecular formula is C14H14ClNO2. The molecule has 2 aromatic rings. The van der Waals surface area contributed by atoms with Crippen molar-refractivity contribution in [3.63, 3.8) is 0 Å². The van der Waals surface area contributed by atoms with Crippen LogP contribution in [0.15, 0.2) is 36.4 Å². The van der Waals surface area contributed by atoms with Gasteiger partial charge in [0.25, 0.3) is 0 Å². The first-order valence-corrected chi connectivity index (χ1v) is 5.95. The van der Waals surface area contributed by atoms with Gasteiger partial charge in [-0.3, -0.25) is 0 Å². The highest BCUT2D eigenvalue weighted by atomic mass is 35.5. The predicted molar refractivity (Wildman–Crippen MR) is 73.3 cm³/mol. The molecule has 0 fully saturated rings. The number of phenols is 2. The van der Waals surface area contributed by atoms with E-state index in [1.54, 1.807) is 6.07 Å². The molecule has 0 aromatic heterocycles.